The van der Waals surface area contributed by atoms with Crippen molar-refractivity contribution >= 4 is 15.5 Å². The molecule has 0 unspecified atom stereocenters. The minimum atomic E-state index is -3.52. The SMILES string of the molecule is Cc1ccc(/C(CS(=O)(=O)c2ccccc2)=N\O)cc1. The van der Waals surface area contributed by atoms with Gasteiger partial charge in [0.25, 0.3) is 0 Å². The molecule has 0 bridgehead atoms. The van der Waals surface area contributed by atoms with Crippen molar-refractivity contribution in [2.75, 3.05) is 5.75 Å². The quantitative estimate of drug-likeness (QED) is 0.534. The largest absolute Gasteiger partial charge is 0.411 e. The second-order valence-corrected chi connectivity index (χ2v) is 6.47. The summed E-state index contributed by atoms with van der Waals surface area (Å²) in [4.78, 5) is 0.216. The Morgan fingerprint density at radius 2 is 1.65 bits per heavy atom. The first kappa shape index (κ1) is 14.3. The summed E-state index contributed by atoms with van der Waals surface area (Å²) in [6.45, 7) is 1.93. The predicted octanol–water partition coefficient (Wildman–Crippen LogP) is 2.65. The first-order chi connectivity index (χ1) is 9.53. The first-order valence-corrected chi connectivity index (χ1v) is 7.74. The van der Waals surface area contributed by atoms with Crippen LogP contribution in [0.15, 0.2) is 64.6 Å². The highest BCUT2D eigenvalue weighted by molar-refractivity contribution is 7.92. The molecule has 2 aromatic rings. The van der Waals surface area contributed by atoms with Crippen molar-refractivity contribution in [1.29, 1.82) is 0 Å². The van der Waals surface area contributed by atoms with Gasteiger partial charge in [-0.3, -0.25) is 0 Å². The van der Waals surface area contributed by atoms with E-state index in [1.165, 1.54) is 12.1 Å². The lowest BCUT2D eigenvalue weighted by molar-refractivity contribution is 0.319. The fourth-order valence-corrected chi connectivity index (χ4v) is 3.13. The van der Waals surface area contributed by atoms with Crippen molar-refractivity contribution < 1.29 is 13.6 Å². The topological polar surface area (TPSA) is 66.7 Å². The molecule has 0 amide bonds. The minimum absolute atomic E-state index is 0.133. The van der Waals surface area contributed by atoms with Gasteiger partial charge in [-0.15, -0.1) is 0 Å². The molecule has 0 fully saturated rings. The summed E-state index contributed by atoms with van der Waals surface area (Å²) < 4.78 is 24.5. The monoisotopic (exact) mass is 289 g/mol. The highest BCUT2D eigenvalue weighted by Gasteiger charge is 2.19. The maximum atomic E-state index is 12.2. The summed E-state index contributed by atoms with van der Waals surface area (Å²) in [7, 11) is -3.52. The van der Waals surface area contributed by atoms with Crippen LogP contribution in [-0.4, -0.2) is 25.1 Å². The molecule has 2 aromatic carbocycles. The molecule has 0 aromatic heterocycles. The number of hydrogen-bond acceptors (Lipinski definition) is 4. The lowest BCUT2D eigenvalue weighted by Gasteiger charge is -2.07. The van der Waals surface area contributed by atoms with Gasteiger partial charge in [0.05, 0.1) is 4.90 Å². The second-order valence-electron chi connectivity index (χ2n) is 4.48. The summed E-state index contributed by atoms with van der Waals surface area (Å²) in [5.74, 6) is -0.337. The van der Waals surface area contributed by atoms with Crippen LogP contribution in [0.5, 0.6) is 0 Å². The van der Waals surface area contributed by atoms with Crippen LogP contribution >= 0.6 is 0 Å². The Labute approximate surface area is 118 Å². The average Bonchev–Trinajstić information content (AvgIpc) is 2.47. The van der Waals surface area contributed by atoms with Crippen molar-refractivity contribution in [1.82, 2.24) is 0 Å². The Bertz CT molecular complexity index is 705. The summed E-state index contributed by atoms with van der Waals surface area (Å²) in [5.41, 5.74) is 1.78. The lowest BCUT2D eigenvalue weighted by atomic mass is 10.1. The molecule has 0 aliphatic carbocycles. The van der Waals surface area contributed by atoms with Crippen LogP contribution in [0.25, 0.3) is 0 Å². The van der Waals surface area contributed by atoms with Crippen LogP contribution in [0.1, 0.15) is 11.1 Å². The van der Waals surface area contributed by atoms with Crippen molar-refractivity contribution in [3.05, 3.63) is 65.7 Å². The normalized spacial score (nSPS) is 12.3. The van der Waals surface area contributed by atoms with E-state index < -0.39 is 9.84 Å². The smallest absolute Gasteiger partial charge is 0.184 e. The zero-order valence-electron chi connectivity index (χ0n) is 11.0. The third kappa shape index (κ3) is 3.24. The Morgan fingerprint density at radius 3 is 2.20 bits per heavy atom. The van der Waals surface area contributed by atoms with E-state index in [1.54, 1.807) is 30.3 Å². The van der Waals surface area contributed by atoms with Crippen molar-refractivity contribution in [3.8, 4) is 0 Å². The highest BCUT2D eigenvalue weighted by atomic mass is 32.2. The molecular weight excluding hydrogens is 274 g/mol. The zero-order chi connectivity index (χ0) is 14.6. The molecule has 0 aliphatic heterocycles. The molecule has 0 saturated carbocycles. The molecule has 4 nitrogen and oxygen atoms in total. The van der Waals surface area contributed by atoms with Crippen LogP contribution in [0.3, 0.4) is 0 Å². The van der Waals surface area contributed by atoms with E-state index >= 15 is 0 Å². The molecule has 0 atom stereocenters. The van der Waals surface area contributed by atoms with E-state index in [9.17, 15) is 8.42 Å². The summed E-state index contributed by atoms with van der Waals surface area (Å²) in [6.07, 6.45) is 0. The van der Waals surface area contributed by atoms with Gasteiger partial charge in [0.2, 0.25) is 0 Å². The van der Waals surface area contributed by atoms with Crippen LogP contribution in [0.4, 0.5) is 0 Å². The Hall–Kier alpha value is -2.14. The van der Waals surface area contributed by atoms with Gasteiger partial charge in [-0.1, -0.05) is 53.2 Å². The third-order valence-corrected chi connectivity index (χ3v) is 4.58. The lowest BCUT2D eigenvalue weighted by Crippen LogP contribution is -2.17. The number of aryl methyl sites for hydroxylation is 1. The van der Waals surface area contributed by atoms with Crippen LogP contribution in [-0.2, 0) is 9.84 Å². The van der Waals surface area contributed by atoms with Gasteiger partial charge >= 0.3 is 0 Å². The predicted molar refractivity (Wildman–Crippen MR) is 78.0 cm³/mol. The number of rotatable bonds is 4. The Morgan fingerprint density at radius 1 is 1.05 bits per heavy atom. The average molecular weight is 289 g/mol. The fourth-order valence-electron chi connectivity index (χ4n) is 1.81. The standard InChI is InChI=1S/C15H15NO3S/c1-12-7-9-13(10-8-12)15(16-17)11-20(18,19)14-5-3-2-4-6-14/h2-10,17H,11H2,1H3/b16-15-. The molecule has 0 radical (unpaired) electrons. The molecule has 0 spiro atoms. The molecule has 5 heteroatoms. The highest BCUT2D eigenvalue weighted by Crippen LogP contribution is 2.13. The number of hydrogen-bond donors (Lipinski definition) is 1. The van der Waals surface area contributed by atoms with Gasteiger partial charge < -0.3 is 5.21 Å². The number of nitrogens with zero attached hydrogens (tertiary/aromatic N) is 1. The van der Waals surface area contributed by atoms with Gasteiger partial charge in [-0.25, -0.2) is 8.42 Å². The van der Waals surface area contributed by atoms with E-state index in [1.807, 2.05) is 19.1 Å². The summed E-state index contributed by atoms with van der Waals surface area (Å²) in [6, 6.07) is 15.3. The number of benzene rings is 2. The van der Waals surface area contributed by atoms with Gasteiger partial charge in [0.1, 0.15) is 11.5 Å². The Balaban J connectivity index is 2.30. The molecular formula is C15H15NO3S. The molecule has 0 saturated heterocycles. The summed E-state index contributed by atoms with van der Waals surface area (Å²) >= 11 is 0. The molecule has 104 valence electrons. The van der Waals surface area contributed by atoms with E-state index in [0.717, 1.165) is 5.56 Å². The molecule has 20 heavy (non-hydrogen) atoms. The van der Waals surface area contributed by atoms with Crippen LogP contribution in [0, 0.1) is 6.92 Å². The molecule has 0 aliphatic rings. The van der Waals surface area contributed by atoms with E-state index in [2.05, 4.69) is 5.16 Å². The fraction of sp³-hybridized carbons (Fsp3) is 0.133. The zero-order valence-corrected chi connectivity index (χ0v) is 11.8. The van der Waals surface area contributed by atoms with Crippen molar-refractivity contribution in [2.45, 2.75) is 11.8 Å². The molecule has 0 heterocycles. The maximum Gasteiger partial charge on any atom is 0.184 e. The Kier molecular flexibility index (Phi) is 4.20. The van der Waals surface area contributed by atoms with Crippen molar-refractivity contribution in [3.63, 3.8) is 0 Å². The van der Waals surface area contributed by atoms with Crippen LogP contribution in [0.2, 0.25) is 0 Å². The second kappa shape index (κ2) is 5.88. The minimum Gasteiger partial charge on any atom is -0.411 e. The summed E-state index contributed by atoms with van der Waals surface area (Å²) in [5, 5.41) is 12.2. The van der Waals surface area contributed by atoms with Gasteiger partial charge in [0, 0.05) is 5.56 Å². The van der Waals surface area contributed by atoms with Crippen molar-refractivity contribution in [2.24, 2.45) is 5.16 Å². The molecule has 1 N–H and O–H groups in total. The van der Waals surface area contributed by atoms with Gasteiger partial charge in [-0.05, 0) is 19.1 Å². The van der Waals surface area contributed by atoms with Crippen LogP contribution < -0.4 is 0 Å². The van der Waals surface area contributed by atoms with E-state index in [4.69, 9.17) is 5.21 Å². The molecule has 2 rings (SSSR count). The first-order valence-electron chi connectivity index (χ1n) is 6.09. The van der Waals surface area contributed by atoms with Gasteiger partial charge in [-0.2, -0.15) is 0 Å². The number of sulfone groups is 1. The maximum absolute atomic E-state index is 12.2. The van der Waals surface area contributed by atoms with E-state index in [0.29, 0.717) is 5.56 Å². The number of oxime groups is 1. The van der Waals surface area contributed by atoms with E-state index in [-0.39, 0.29) is 16.4 Å². The third-order valence-electron chi connectivity index (χ3n) is 2.93. The van der Waals surface area contributed by atoms with Gasteiger partial charge in [0.15, 0.2) is 9.84 Å².